The van der Waals surface area contributed by atoms with Gasteiger partial charge in [0.15, 0.2) is 5.94 Å². The molecule has 35 heteroatoms. The third-order valence-corrected chi connectivity index (χ3v) is 20.3. The van der Waals surface area contributed by atoms with Gasteiger partial charge in [-0.05, 0) is 419 Å². The number of aliphatic hydroxyl groups excluding tert-OH is 2. The average Bonchev–Trinajstić information content (AvgIpc) is 1.44. The lowest BCUT2D eigenvalue weighted by atomic mass is 9.89. The number of carbonyl (C=O) groups excluding carboxylic acids is 3. The summed E-state index contributed by atoms with van der Waals surface area (Å²) in [6.45, 7) is 105. The van der Waals surface area contributed by atoms with Crippen molar-refractivity contribution in [1.82, 2.24) is 15.5 Å². The number of nitrogens with two attached hydrogens (primary N) is 3. The summed E-state index contributed by atoms with van der Waals surface area (Å²) in [4.78, 5) is 38.3. The molecule has 0 aromatic carbocycles. The van der Waals surface area contributed by atoms with Crippen LogP contribution < -0.4 is 27.2 Å². The molecule has 882 valence electrons. The zero-order valence-corrected chi connectivity index (χ0v) is 103. The first kappa shape index (κ1) is 152. The summed E-state index contributed by atoms with van der Waals surface area (Å²) in [7, 11) is -1.27. The van der Waals surface area contributed by atoms with Crippen LogP contribution in [0.5, 0.6) is 0 Å². The lowest BCUT2D eigenvalue weighted by Crippen LogP contribution is -2.51. The normalized spacial score (nSPS) is 20.6. The molecule has 0 amide bonds. The van der Waals surface area contributed by atoms with Crippen molar-refractivity contribution >= 4 is 28.1 Å². The molecule has 4 aliphatic carbocycles. The second-order valence-corrected chi connectivity index (χ2v) is 51.3. The van der Waals surface area contributed by atoms with Crippen LogP contribution in [0.25, 0.3) is 4.85 Å². The Bertz CT molecular complexity index is 3160. The van der Waals surface area contributed by atoms with Gasteiger partial charge in [-0.2, -0.15) is 0 Å². The van der Waals surface area contributed by atoms with Crippen molar-refractivity contribution in [2.45, 2.75) is 567 Å². The predicted molar refractivity (Wildman–Crippen MR) is 593 cm³/mol. The van der Waals surface area contributed by atoms with Gasteiger partial charge in [0, 0.05) is 52.0 Å². The fraction of sp³-hybridized carbons (Fsp3) is 0.964. The zero-order valence-electron chi connectivity index (χ0n) is 102. The summed E-state index contributed by atoms with van der Waals surface area (Å²) in [6.07, 6.45) is 19.9. The maximum absolute atomic E-state index is 11.3. The number of sulfonamides is 1. The van der Waals surface area contributed by atoms with Crippen LogP contribution in [0.2, 0.25) is 0 Å². The zero-order chi connectivity index (χ0) is 115. The maximum atomic E-state index is 11.3. The molecule has 0 aromatic heterocycles. The Balaban J connectivity index is -0.000000494. The van der Waals surface area contributed by atoms with Crippen molar-refractivity contribution in [1.29, 1.82) is 0 Å². The van der Waals surface area contributed by atoms with Crippen molar-refractivity contribution in [3.63, 3.8) is 0 Å². The van der Waals surface area contributed by atoms with E-state index in [2.05, 4.69) is 197 Å². The van der Waals surface area contributed by atoms with Gasteiger partial charge in [0.25, 0.3) is 0 Å². The Labute approximate surface area is 898 Å². The number of likely N-dealkylation sites (tertiary alicyclic amines) is 1. The smallest absolute Gasteiger partial charge is 0.464 e. The van der Waals surface area contributed by atoms with E-state index in [1.165, 1.54) is 38.8 Å². The highest BCUT2D eigenvalue weighted by Gasteiger charge is 2.34. The number of nitrogens with one attached hydrogen (secondary N) is 2. The number of hydrogen-bond acceptors (Lipinski definition) is 32. The molecule has 5 heterocycles. The van der Waals surface area contributed by atoms with Crippen molar-refractivity contribution < 1.29 is 128 Å². The third-order valence-electron chi connectivity index (χ3n) is 19.9. The quantitative estimate of drug-likeness (QED) is 0.0152. The van der Waals surface area contributed by atoms with Gasteiger partial charge < -0.3 is 132 Å². The van der Waals surface area contributed by atoms with Gasteiger partial charge in [-0.15, -0.1) is 0 Å². The van der Waals surface area contributed by atoms with E-state index in [1.54, 1.807) is 41.5 Å². The van der Waals surface area contributed by atoms with Crippen LogP contribution >= 0.6 is 0 Å². The summed E-state index contributed by atoms with van der Waals surface area (Å²) in [5, 5.41) is 29.3. The Morgan fingerprint density at radius 1 is 0.435 bits per heavy atom. The summed E-state index contributed by atoms with van der Waals surface area (Å²) < 4.78 is 126. The van der Waals surface area contributed by atoms with Crippen molar-refractivity contribution in [2.75, 3.05) is 125 Å². The standard InChI is InChI=1S/C11H23NO3.C10H21NO.C10H20O4.C10H20O2.C9H19NO.C9H18O2.C8H17NO.C8H16O2.C7H15NO.C7H14O3.C7H14O2.C7H14O.C5H9NO.C4H11NO3S/c1-8(2)9(12)10(13)14-6-7-15-11(3,4)5;1-10(2,3)12-9-5-7-11(4)8-6-9;1-7(2)12-6-9(5)14-10(11)13-8(3)4;1-10(2,3)12-9-6-4-8(11)5-7-9;2*1-9(2,3)11-8-4-6-10-7-5-8;2*1-8(2,3)10-7-4-6(9)5-7;1-7(2,3)9-6-4-8-5-6;1-4-9-7(8)5-10-6(2)3;1-7(2,3)9-6-4-8-5-6;1-6(2)8-5-7-3-4-7;1-5(2)7-4-6-3;1-4(2)8-3-9(5,6)7/h8-9H,6-7,12H2,1-5H3;9H,5-8H2,1-4H3;7-9H,6H2,1-5H3;8-9,11H,4-7H2,1-3H3;8,10H,4-7H2,1-3H3;8H,4-7H2,1-3H3;6-7H,4-5,9H2,1-3H3;6-7,9H,4-5H2,1-3H3;6,8H,4-5H2,1-3H3;6H,4-5H2,1-3H3;6H,4-5H2,1-3H3;6-7H,3-5H2,1-2H3;5H,4H2,1-2H3;4H,3H2,1-2H3,(H2,5,6,7). The SMILES string of the molecule is CC(C)(C)OC1CC(N)C1.CC(C)(C)OC1CC(O)C1.CC(C)(C)OC1CCC(O)CC1.CC(C)(C)OC1CCNCC1.CC(C)(C)OC1CCOCC1.CC(C)(C)OC1CNC1.CC(C)(C)OC1COC1.CC(C)C(N)C(=O)OCCOC(C)(C)C.CC(C)OCC(C)OC(=O)OC(C)C.CC(C)OCC1CC1.CC(C)OCS(N)(=O)=O.CCOC(=O)COC(C)C.CN1CCC(OC(C)(C)C)CC1.[C-]#[N+]COC(C)C. The predicted octanol–water partition coefficient (Wildman–Crippen LogP) is 19.6. The summed E-state index contributed by atoms with van der Waals surface area (Å²) in [5.74, 6) is -0.0397. The van der Waals surface area contributed by atoms with Crippen LogP contribution in [0.15, 0.2) is 0 Å². The van der Waals surface area contributed by atoms with E-state index in [9.17, 15) is 27.9 Å². The highest BCUT2D eigenvalue weighted by Crippen LogP contribution is 2.31. The highest BCUT2D eigenvalue weighted by atomic mass is 32.2. The fourth-order valence-electron chi connectivity index (χ4n) is 13.0. The topological polar surface area (TPSA) is 420 Å². The van der Waals surface area contributed by atoms with Crippen LogP contribution in [0.3, 0.4) is 0 Å². The van der Waals surface area contributed by atoms with Crippen LogP contribution in [-0.2, 0) is 114 Å². The molecule has 0 bridgehead atoms. The number of hydrogen-bond donors (Lipinski definition) is 7. The number of esters is 2. The lowest BCUT2D eigenvalue weighted by Gasteiger charge is -2.37. The molecule has 4 saturated carbocycles. The van der Waals surface area contributed by atoms with Gasteiger partial charge in [0.1, 0.15) is 31.5 Å². The van der Waals surface area contributed by atoms with E-state index >= 15 is 0 Å². The summed E-state index contributed by atoms with van der Waals surface area (Å²) in [5.41, 5.74) is 11.0. The summed E-state index contributed by atoms with van der Waals surface area (Å²) in [6, 6.07) is -0.146. The van der Waals surface area contributed by atoms with E-state index in [0.717, 1.165) is 142 Å². The van der Waals surface area contributed by atoms with Crippen molar-refractivity contribution in [3.05, 3.63) is 11.4 Å². The first-order valence-corrected chi connectivity index (χ1v) is 56.5. The molecule has 10 N–H and O–H groups in total. The Morgan fingerprint density at radius 3 is 1.13 bits per heavy atom. The molecule has 0 radical (unpaired) electrons. The minimum Gasteiger partial charge on any atom is -0.464 e. The number of piperidine rings is 2. The molecule has 2 atom stereocenters. The maximum Gasteiger partial charge on any atom is 0.508 e. The van der Waals surface area contributed by atoms with E-state index in [4.69, 9.17) is 113 Å². The van der Waals surface area contributed by atoms with Crippen LogP contribution in [0.4, 0.5) is 4.79 Å². The molecule has 5 aliphatic heterocycles. The molecule has 34 nitrogen and oxygen atoms in total. The monoisotopic (exact) mass is 2140 g/mol. The van der Waals surface area contributed by atoms with Crippen LogP contribution in [0, 0.1) is 18.4 Å². The third kappa shape index (κ3) is 117. The molecular weight excluding hydrogens is 1910 g/mol. The van der Waals surface area contributed by atoms with Gasteiger partial charge in [0.2, 0.25) is 10.0 Å². The Kier molecular flexibility index (Phi) is 83.2. The van der Waals surface area contributed by atoms with Gasteiger partial charge in [-0.1, -0.05) is 13.8 Å². The van der Waals surface area contributed by atoms with Crippen molar-refractivity contribution in [3.8, 4) is 0 Å². The Hall–Kier alpha value is -3.31. The van der Waals surface area contributed by atoms with E-state index in [0.29, 0.717) is 80.8 Å². The number of rotatable bonds is 30. The Morgan fingerprint density at radius 2 is 0.823 bits per heavy atom. The first-order chi connectivity index (χ1) is 67.0. The van der Waals surface area contributed by atoms with E-state index < -0.39 is 28.2 Å². The molecule has 9 fully saturated rings. The molecular formula is C112H231N7O27S. The minimum atomic E-state index is -3.44. The molecule has 2 unspecified atom stereocenters. The largest absolute Gasteiger partial charge is 0.508 e. The van der Waals surface area contributed by atoms with E-state index in [1.807, 2.05) is 96.9 Å². The molecule has 147 heavy (non-hydrogen) atoms. The second kappa shape index (κ2) is 80.5. The fourth-order valence-corrected chi connectivity index (χ4v) is 13.5. The minimum absolute atomic E-state index is 0.00199. The van der Waals surface area contributed by atoms with Gasteiger partial charge >= 0.3 is 24.8 Å². The van der Waals surface area contributed by atoms with Crippen LogP contribution in [-0.4, -0.2) is 333 Å². The van der Waals surface area contributed by atoms with Gasteiger partial charge in [0.05, 0.1) is 175 Å². The van der Waals surface area contributed by atoms with Gasteiger partial charge in [-0.3, -0.25) is 9.64 Å². The van der Waals surface area contributed by atoms with Crippen molar-refractivity contribution in [2.24, 2.45) is 28.4 Å². The summed E-state index contributed by atoms with van der Waals surface area (Å²) >= 11 is 0. The number of nitrogens with zero attached hydrogens (tertiary/aromatic N) is 2. The molecule has 5 saturated heterocycles. The lowest BCUT2D eigenvalue weighted by molar-refractivity contribution is -0.176. The molecule has 9 rings (SSSR count). The number of carbonyl (C=O) groups is 3. The molecule has 0 aromatic rings. The van der Waals surface area contributed by atoms with Gasteiger partial charge in [-0.25, -0.2) is 29.7 Å². The van der Waals surface area contributed by atoms with Crippen LogP contribution in [0.1, 0.15) is 400 Å². The number of aliphatic hydroxyl groups is 2. The van der Waals surface area contributed by atoms with E-state index in [-0.39, 0.29) is 137 Å². The number of ether oxygens (including phenoxy) is 20. The average molecular weight is 2140 g/mol. The first-order valence-electron chi connectivity index (χ1n) is 54.8. The highest BCUT2D eigenvalue weighted by molar-refractivity contribution is 7.88. The number of primary sulfonamides is 1. The molecule has 9 aliphatic rings. The molecule has 0 spiro atoms. The second-order valence-electron chi connectivity index (χ2n) is 49.7.